The Morgan fingerprint density at radius 1 is 1.29 bits per heavy atom. The third-order valence-corrected chi connectivity index (χ3v) is 2.34. The maximum atomic E-state index is 10.8. The molecule has 3 nitrogen and oxygen atoms in total. The van der Waals surface area contributed by atoms with E-state index in [-0.39, 0.29) is 5.60 Å². The van der Waals surface area contributed by atoms with Crippen LogP contribution in [0.25, 0.3) is 0 Å². The molecule has 1 aromatic rings. The molecule has 4 heteroatoms. The third-order valence-electron chi connectivity index (χ3n) is 2.01. The van der Waals surface area contributed by atoms with Crippen LogP contribution in [-0.2, 0) is 4.74 Å². The lowest BCUT2D eigenvalue weighted by Gasteiger charge is -2.19. The second-order valence-electron chi connectivity index (χ2n) is 4.58. The zero-order valence-electron chi connectivity index (χ0n) is 10.3. The van der Waals surface area contributed by atoms with Gasteiger partial charge in [-0.05, 0) is 32.9 Å². The molecule has 0 aliphatic carbocycles. The highest BCUT2D eigenvalue weighted by molar-refractivity contribution is 6.33. The van der Waals surface area contributed by atoms with Crippen molar-refractivity contribution in [2.24, 2.45) is 0 Å². The number of benzene rings is 1. The smallest absolute Gasteiger partial charge is 0.155 e. The molecule has 0 spiro atoms. The summed E-state index contributed by atoms with van der Waals surface area (Å²) in [5, 5.41) is 0.397. The maximum Gasteiger partial charge on any atom is 0.155 e. The van der Waals surface area contributed by atoms with Gasteiger partial charge in [0.25, 0.3) is 0 Å². The van der Waals surface area contributed by atoms with Gasteiger partial charge < -0.3 is 9.47 Å². The van der Waals surface area contributed by atoms with E-state index in [1.807, 2.05) is 20.8 Å². The van der Waals surface area contributed by atoms with Crippen LogP contribution in [0.15, 0.2) is 18.2 Å². The standard InChI is InChI=1S/C13H17ClO3/c1-13(2,3)17-8-7-16-12-6-4-5-11(14)10(12)9-15/h4-6,9H,7-8H2,1-3H3. The normalized spacial score (nSPS) is 11.3. The van der Waals surface area contributed by atoms with Gasteiger partial charge in [-0.15, -0.1) is 0 Å². The van der Waals surface area contributed by atoms with E-state index in [0.29, 0.717) is 35.8 Å². The molecule has 0 aliphatic heterocycles. The highest BCUT2D eigenvalue weighted by Crippen LogP contribution is 2.24. The summed E-state index contributed by atoms with van der Waals surface area (Å²) >= 11 is 5.87. The summed E-state index contributed by atoms with van der Waals surface area (Å²) < 4.78 is 11.0. The van der Waals surface area contributed by atoms with E-state index in [1.165, 1.54) is 0 Å². The van der Waals surface area contributed by atoms with Crippen molar-refractivity contribution in [2.45, 2.75) is 26.4 Å². The minimum Gasteiger partial charge on any atom is -0.490 e. The Morgan fingerprint density at radius 2 is 2.00 bits per heavy atom. The average molecular weight is 257 g/mol. The van der Waals surface area contributed by atoms with Crippen molar-refractivity contribution in [3.8, 4) is 5.75 Å². The summed E-state index contributed by atoms with van der Waals surface area (Å²) in [5.41, 5.74) is 0.190. The van der Waals surface area contributed by atoms with Crippen molar-refractivity contribution in [2.75, 3.05) is 13.2 Å². The second kappa shape index (κ2) is 6.03. The van der Waals surface area contributed by atoms with Crippen LogP contribution in [0.2, 0.25) is 5.02 Å². The second-order valence-corrected chi connectivity index (χ2v) is 4.99. The molecular weight excluding hydrogens is 240 g/mol. The van der Waals surface area contributed by atoms with E-state index < -0.39 is 0 Å². The average Bonchev–Trinajstić information content (AvgIpc) is 2.23. The zero-order chi connectivity index (χ0) is 12.9. The van der Waals surface area contributed by atoms with Crippen LogP contribution >= 0.6 is 11.6 Å². The fourth-order valence-corrected chi connectivity index (χ4v) is 1.47. The monoisotopic (exact) mass is 256 g/mol. The largest absolute Gasteiger partial charge is 0.490 e. The van der Waals surface area contributed by atoms with Crippen LogP contribution in [0, 0.1) is 0 Å². The van der Waals surface area contributed by atoms with E-state index in [0.717, 1.165) is 0 Å². The molecule has 0 aliphatic rings. The fraction of sp³-hybridized carbons (Fsp3) is 0.462. The molecule has 94 valence electrons. The van der Waals surface area contributed by atoms with Crippen molar-refractivity contribution in [1.82, 2.24) is 0 Å². The summed E-state index contributed by atoms with van der Waals surface area (Å²) in [5.74, 6) is 0.491. The molecular formula is C13H17ClO3. The molecule has 1 aromatic carbocycles. The molecule has 0 unspecified atom stereocenters. The van der Waals surface area contributed by atoms with E-state index >= 15 is 0 Å². The molecule has 0 saturated heterocycles. The molecule has 0 heterocycles. The first-order valence-corrected chi connectivity index (χ1v) is 5.82. The zero-order valence-corrected chi connectivity index (χ0v) is 11.1. The molecule has 0 fully saturated rings. The van der Waals surface area contributed by atoms with E-state index in [4.69, 9.17) is 21.1 Å². The molecule has 0 radical (unpaired) electrons. The van der Waals surface area contributed by atoms with Gasteiger partial charge in [-0.1, -0.05) is 17.7 Å². The van der Waals surface area contributed by atoms with Crippen LogP contribution in [0.1, 0.15) is 31.1 Å². The molecule has 17 heavy (non-hydrogen) atoms. The highest BCUT2D eigenvalue weighted by Gasteiger charge is 2.10. The summed E-state index contributed by atoms with van der Waals surface area (Å²) in [6.45, 7) is 6.78. The maximum absolute atomic E-state index is 10.8. The number of carbonyl (C=O) groups is 1. The van der Waals surface area contributed by atoms with Crippen LogP contribution in [0.5, 0.6) is 5.75 Å². The number of ether oxygens (including phenoxy) is 2. The van der Waals surface area contributed by atoms with Gasteiger partial charge in [-0.3, -0.25) is 4.79 Å². The van der Waals surface area contributed by atoms with E-state index in [2.05, 4.69) is 0 Å². The van der Waals surface area contributed by atoms with Gasteiger partial charge in [0.05, 0.1) is 22.8 Å². The number of hydrogen-bond donors (Lipinski definition) is 0. The lowest BCUT2D eigenvalue weighted by molar-refractivity contribution is -0.0163. The molecule has 0 bridgehead atoms. The summed E-state index contributed by atoms with van der Waals surface area (Å²) in [7, 11) is 0. The van der Waals surface area contributed by atoms with Gasteiger partial charge in [-0.25, -0.2) is 0 Å². The Balaban J connectivity index is 2.52. The van der Waals surface area contributed by atoms with Crippen molar-refractivity contribution in [3.63, 3.8) is 0 Å². The summed E-state index contributed by atoms with van der Waals surface area (Å²) in [4.78, 5) is 10.8. The predicted molar refractivity (Wildman–Crippen MR) is 68.0 cm³/mol. The quantitative estimate of drug-likeness (QED) is 0.599. The van der Waals surface area contributed by atoms with Crippen molar-refractivity contribution >= 4 is 17.9 Å². The van der Waals surface area contributed by atoms with Crippen molar-refractivity contribution in [3.05, 3.63) is 28.8 Å². The van der Waals surface area contributed by atoms with Crippen molar-refractivity contribution in [1.29, 1.82) is 0 Å². The summed E-state index contributed by atoms with van der Waals surface area (Å²) in [6.07, 6.45) is 0.697. The van der Waals surface area contributed by atoms with Gasteiger partial charge in [0.2, 0.25) is 0 Å². The third kappa shape index (κ3) is 4.75. The van der Waals surface area contributed by atoms with Crippen LogP contribution < -0.4 is 4.74 Å². The molecule has 1 rings (SSSR count). The summed E-state index contributed by atoms with van der Waals surface area (Å²) in [6, 6.07) is 5.12. The van der Waals surface area contributed by atoms with Crippen LogP contribution in [0.4, 0.5) is 0 Å². The van der Waals surface area contributed by atoms with E-state index in [9.17, 15) is 4.79 Å². The van der Waals surface area contributed by atoms with Crippen molar-refractivity contribution < 1.29 is 14.3 Å². The van der Waals surface area contributed by atoms with Gasteiger partial charge in [0.15, 0.2) is 6.29 Å². The molecule has 0 saturated carbocycles. The molecule has 0 atom stereocenters. The lowest BCUT2D eigenvalue weighted by Crippen LogP contribution is -2.22. The molecule has 0 amide bonds. The Kier molecular flexibility index (Phi) is 4.97. The first kappa shape index (κ1) is 14.0. The van der Waals surface area contributed by atoms with Gasteiger partial charge in [-0.2, -0.15) is 0 Å². The Labute approximate surface area is 107 Å². The first-order chi connectivity index (χ1) is 7.94. The fourth-order valence-electron chi connectivity index (χ4n) is 1.26. The molecule has 0 aromatic heterocycles. The molecule has 0 N–H and O–H groups in total. The SMILES string of the molecule is CC(C)(C)OCCOc1cccc(Cl)c1C=O. The number of halogens is 1. The van der Waals surface area contributed by atoms with Crippen LogP contribution in [-0.4, -0.2) is 25.1 Å². The topological polar surface area (TPSA) is 35.5 Å². The predicted octanol–water partition coefficient (Wildman–Crippen LogP) is 3.35. The van der Waals surface area contributed by atoms with Crippen LogP contribution in [0.3, 0.4) is 0 Å². The van der Waals surface area contributed by atoms with Gasteiger partial charge in [0, 0.05) is 0 Å². The van der Waals surface area contributed by atoms with Gasteiger partial charge >= 0.3 is 0 Å². The Bertz CT molecular complexity index is 383. The minimum absolute atomic E-state index is 0.189. The number of rotatable bonds is 5. The Morgan fingerprint density at radius 3 is 2.59 bits per heavy atom. The highest BCUT2D eigenvalue weighted by atomic mass is 35.5. The number of hydrogen-bond acceptors (Lipinski definition) is 3. The Hall–Kier alpha value is -1.06. The lowest BCUT2D eigenvalue weighted by atomic mass is 10.2. The van der Waals surface area contributed by atoms with Gasteiger partial charge in [0.1, 0.15) is 12.4 Å². The van der Waals surface area contributed by atoms with E-state index in [1.54, 1.807) is 18.2 Å². The first-order valence-electron chi connectivity index (χ1n) is 5.44. The number of aldehydes is 1. The minimum atomic E-state index is -0.189. The number of carbonyl (C=O) groups excluding carboxylic acids is 1.